The smallest absolute Gasteiger partial charge is 0.243 e. The third-order valence-corrected chi connectivity index (χ3v) is 4.86. The molecule has 2 N–H and O–H groups in total. The van der Waals surface area contributed by atoms with Crippen molar-refractivity contribution in [2.45, 2.75) is 33.1 Å². The molecule has 2 aromatic carbocycles. The average molecular weight is 399 g/mol. The van der Waals surface area contributed by atoms with Gasteiger partial charge in [-0.2, -0.15) is 0 Å². The molecular formula is C25H26N4O. The molecule has 0 fully saturated rings. The predicted molar refractivity (Wildman–Crippen MR) is 121 cm³/mol. The zero-order valence-electron chi connectivity index (χ0n) is 17.7. The fourth-order valence-electron chi connectivity index (χ4n) is 3.37. The van der Waals surface area contributed by atoms with E-state index in [-0.39, 0.29) is 5.41 Å². The number of H-pyrrole nitrogens is 1. The number of ether oxygens (including phenoxy) is 1. The van der Waals surface area contributed by atoms with E-state index >= 15 is 0 Å². The Morgan fingerprint density at radius 2 is 1.63 bits per heavy atom. The molecule has 0 unspecified atom stereocenters. The van der Waals surface area contributed by atoms with Crippen LogP contribution in [-0.2, 0) is 5.41 Å². The summed E-state index contributed by atoms with van der Waals surface area (Å²) in [5.74, 6) is 1.95. The summed E-state index contributed by atoms with van der Waals surface area (Å²) >= 11 is 0. The molecule has 0 aliphatic carbocycles. The summed E-state index contributed by atoms with van der Waals surface area (Å²) in [5, 5.41) is 3.33. The maximum Gasteiger partial charge on any atom is 0.243 e. The lowest BCUT2D eigenvalue weighted by atomic mass is 9.86. The van der Waals surface area contributed by atoms with Crippen molar-refractivity contribution >= 4 is 11.6 Å². The average Bonchev–Trinajstić information content (AvgIpc) is 3.10. The minimum absolute atomic E-state index is 0.0400. The number of imidazole rings is 1. The van der Waals surface area contributed by atoms with Crippen molar-refractivity contribution in [3.63, 3.8) is 0 Å². The van der Waals surface area contributed by atoms with Crippen molar-refractivity contribution < 1.29 is 4.74 Å². The summed E-state index contributed by atoms with van der Waals surface area (Å²) in [6.07, 6.45) is 1.73. The lowest BCUT2D eigenvalue weighted by molar-refractivity contribution is 0.442. The molecule has 0 saturated carbocycles. The molecule has 0 radical (unpaired) electrons. The number of anilines is 2. The SMILES string of the molecule is Cc1[nH]c(Nc2cccnc2Oc2ccccc2C(C)(C)C)nc1-c1ccccc1. The van der Waals surface area contributed by atoms with E-state index in [9.17, 15) is 0 Å². The Balaban J connectivity index is 1.63. The highest BCUT2D eigenvalue weighted by Gasteiger charge is 2.20. The van der Waals surface area contributed by atoms with Gasteiger partial charge in [0.2, 0.25) is 11.8 Å². The number of rotatable bonds is 5. The van der Waals surface area contributed by atoms with Gasteiger partial charge in [-0.3, -0.25) is 0 Å². The van der Waals surface area contributed by atoms with Crippen LogP contribution in [0.15, 0.2) is 72.9 Å². The van der Waals surface area contributed by atoms with Gasteiger partial charge in [0.1, 0.15) is 11.4 Å². The quantitative estimate of drug-likeness (QED) is 0.397. The molecule has 5 heteroatoms. The number of aromatic nitrogens is 3. The Bertz CT molecular complexity index is 1140. The third kappa shape index (κ3) is 4.20. The van der Waals surface area contributed by atoms with Gasteiger partial charge in [0, 0.05) is 23.0 Å². The van der Waals surface area contributed by atoms with E-state index in [0.717, 1.165) is 34.0 Å². The molecule has 0 saturated heterocycles. The number of hydrogen-bond donors (Lipinski definition) is 2. The number of para-hydroxylation sites is 1. The first-order valence-electron chi connectivity index (χ1n) is 10.0. The van der Waals surface area contributed by atoms with Crippen molar-refractivity contribution in [3.8, 4) is 22.9 Å². The third-order valence-electron chi connectivity index (χ3n) is 4.86. The van der Waals surface area contributed by atoms with Crippen LogP contribution in [0.5, 0.6) is 11.6 Å². The van der Waals surface area contributed by atoms with Crippen LogP contribution in [0.3, 0.4) is 0 Å². The number of nitrogens with zero attached hydrogens (tertiary/aromatic N) is 2. The fraction of sp³-hybridized carbons (Fsp3) is 0.200. The molecule has 0 bridgehead atoms. The Kier molecular flexibility index (Phi) is 5.27. The van der Waals surface area contributed by atoms with E-state index in [2.05, 4.69) is 54.3 Å². The normalized spacial score (nSPS) is 11.3. The van der Waals surface area contributed by atoms with Gasteiger partial charge >= 0.3 is 0 Å². The van der Waals surface area contributed by atoms with Gasteiger partial charge < -0.3 is 15.0 Å². The second-order valence-corrected chi connectivity index (χ2v) is 8.25. The van der Waals surface area contributed by atoms with Crippen LogP contribution in [0.2, 0.25) is 0 Å². The van der Waals surface area contributed by atoms with Gasteiger partial charge in [0.15, 0.2) is 0 Å². The highest BCUT2D eigenvalue weighted by molar-refractivity contribution is 5.67. The Labute approximate surface area is 177 Å². The van der Waals surface area contributed by atoms with Crippen molar-refractivity contribution in [3.05, 3.63) is 84.2 Å². The molecule has 0 aliphatic heterocycles. The van der Waals surface area contributed by atoms with Crippen LogP contribution in [0, 0.1) is 6.92 Å². The van der Waals surface area contributed by atoms with Crippen LogP contribution in [0.1, 0.15) is 32.0 Å². The van der Waals surface area contributed by atoms with E-state index in [0.29, 0.717) is 11.8 Å². The lowest BCUT2D eigenvalue weighted by Crippen LogP contribution is -2.12. The molecule has 0 aliphatic rings. The molecule has 4 rings (SSSR count). The second kappa shape index (κ2) is 8.03. The highest BCUT2D eigenvalue weighted by atomic mass is 16.5. The van der Waals surface area contributed by atoms with E-state index in [1.807, 2.05) is 55.5 Å². The standard InChI is InChI=1S/C25H26N4O/c1-17-22(18-11-6-5-7-12-18)29-24(27-17)28-20-14-10-16-26-23(20)30-21-15-9-8-13-19(21)25(2,3)4/h5-16H,1-4H3,(H2,27,28,29). The van der Waals surface area contributed by atoms with Gasteiger partial charge in [-0.05, 0) is 30.5 Å². The van der Waals surface area contributed by atoms with Crippen LogP contribution >= 0.6 is 0 Å². The largest absolute Gasteiger partial charge is 0.437 e. The van der Waals surface area contributed by atoms with E-state index in [4.69, 9.17) is 9.72 Å². The van der Waals surface area contributed by atoms with Crippen molar-refractivity contribution in [2.75, 3.05) is 5.32 Å². The topological polar surface area (TPSA) is 62.8 Å². The highest BCUT2D eigenvalue weighted by Crippen LogP contribution is 2.36. The van der Waals surface area contributed by atoms with Crippen LogP contribution in [0.25, 0.3) is 11.3 Å². The minimum Gasteiger partial charge on any atom is -0.437 e. The summed E-state index contributed by atoms with van der Waals surface area (Å²) in [7, 11) is 0. The molecule has 152 valence electrons. The molecule has 2 heterocycles. The van der Waals surface area contributed by atoms with Crippen LogP contribution < -0.4 is 10.1 Å². The summed E-state index contributed by atoms with van der Waals surface area (Å²) in [5.41, 5.74) is 4.81. The Hall–Kier alpha value is -3.60. The Morgan fingerprint density at radius 1 is 0.900 bits per heavy atom. The molecule has 30 heavy (non-hydrogen) atoms. The summed E-state index contributed by atoms with van der Waals surface area (Å²) in [6, 6.07) is 22.0. The maximum atomic E-state index is 6.25. The van der Waals surface area contributed by atoms with Gasteiger partial charge in [-0.1, -0.05) is 69.3 Å². The zero-order valence-corrected chi connectivity index (χ0v) is 17.7. The van der Waals surface area contributed by atoms with E-state index in [1.165, 1.54) is 0 Å². The van der Waals surface area contributed by atoms with Gasteiger partial charge in [0.25, 0.3) is 0 Å². The van der Waals surface area contributed by atoms with Crippen LogP contribution in [0.4, 0.5) is 11.6 Å². The number of aromatic amines is 1. The van der Waals surface area contributed by atoms with Gasteiger partial charge in [-0.25, -0.2) is 9.97 Å². The first-order valence-corrected chi connectivity index (χ1v) is 10.0. The number of nitrogens with one attached hydrogen (secondary N) is 2. The number of hydrogen-bond acceptors (Lipinski definition) is 4. The molecule has 5 nitrogen and oxygen atoms in total. The summed E-state index contributed by atoms with van der Waals surface area (Å²) in [4.78, 5) is 12.5. The molecule has 0 spiro atoms. The molecule has 0 amide bonds. The molecule has 2 aromatic heterocycles. The van der Waals surface area contributed by atoms with Gasteiger partial charge in [-0.15, -0.1) is 0 Å². The monoisotopic (exact) mass is 398 g/mol. The number of pyridine rings is 1. The zero-order chi connectivity index (χ0) is 21.1. The first kappa shape index (κ1) is 19.7. The number of benzene rings is 2. The minimum atomic E-state index is -0.0400. The van der Waals surface area contributed by atoms with Crippen LogP contribution in [-0.4, -0.2) is 15.0 Å². The summed E-state index contributed by atoms with van der Waals surface area (Å²) in [6.45, 7) is 8.53. The van der Waals surface area contributed by atoms with Crippen molar-refractivity contribution in [1.82, 2.24) is 15.0 Å². The second-order valence-electron chi connectivity index (χ2n) is 8.25. The van der Waals surface area contributed by atoms with E-state index < -0.39 is 0 Å². The molecule has 4 aromatic rings. The first-order chi connectivity index (χ1) is 14.4. The predicted octanol–water partition coefficient (Wildman–Crippen LogP) is 6.61. The molecular weight excluding hydrogens is 372 g/mol. The number of aryl methyl sites for hydroxylation is 1. The van der Waals surface area contributed by atoms with Crippen molar-refractivity contribution in [2.24, 2.45) is 0 Å². The fourth-order valence-corrected chi connectivity index (χ4v) is 3.37. The van der Waals surface area contributed by atoms with E-state index in [1.54, 1.807) is 6.20 Å². The molecule has 0 atom stereocenters. The Morgan fingerprint density at radius 3 is 2.40 bits per heavy atom. The lowest BCUT2D eigenvalue weighted by Gasteiger charge is -2.22. The maximum absolute atomic E-state index is 6.25. The van der Waals surface area contributed by atoms with Crippen molar-refractivity contribution in [1.29, 1.82) is 0 Å². The van der Waals surface area contributed by atoms with Gasteiger partial charge in [0.05, 0.1) is 5.69 Å². The summed E-state index contributed by atoms with van der Waals surface area (Å²) < 4.78 is 6.25.